The molecule has 0 atom stereocenters. The van der Waals surface area contributed by atoms with E-state index in [9.17, 15) is 4.79 Å². The Kier molecular flexibility index (Phi) is 5.45. The minimum Gasteiger partial charge on any atom is -0.351 e. The monoisotopic (exact) mass is 173 g/mol. The molecule has 0 radical (unpaired) electrons. The first-order chi connectivity index (χ1) is 5.67. The Morgan fingerprint density at radius 2 is 1.92 bits per heavy atom. The van der Waals surface area contributed by atoms with Crippen LogP contribution in [0.2, 0.25) is 0 Å². The van der Waals surface area contributed by atoms with Gasteiger partial charge in [0.15, 0.2) is 0 Å². The molecule has 0 saturated carbocycles. The van der Waals surface area contributed by atoms with Crippen LogP contribution in [0, 0.1) is 0 Å². The zero-order valence-corrected chi connectivity index (χ0v) is 7.92. The van der Waals surface area contributed by atoms with Gasteiger partial charge in [-0.2, -0.15) is 0 Å². The molecule has 0 spiro atoms. The van der Waals surface area contributed by atoms with Gasteiger partial charge in [0.2, 0.25) is 0 Å². The van der Waals surface area contributed by atoms with E-state index in [1.54, 1.807) is 4.90 Å². The number of rotatable bonds is 5. The van der Waals surface area contributed by atoms with Crippen molar-refractivity contribution < 1.29 is 4.79 Å². The maximum absolute atomic E-state index is 10.9. The minimum atomic E-state index is -0.367. The highest BCUT2D eigenvalue weighted by Gasteiger charge is 2.16. The molecule has 0 aliphatic heterocycles. The van der Waals surface area contributed by atoms with Crippen molar-refractivity contribution >= 4 is 6.03 Å². The molecule has 0 bridgehead atoms. The number of hydrogen-bond acceptors (Lipinski definition) is 2. The molecule has 0 aliphatic rings. The van der Waals surface area contributed by atoms with Crippen LogP contribution >= 0.6 is 0 Å². The van der Waals surface area contributed by atoms with Gasteiger partial charge in [-0.05, 0) is 12.8 Å². The summed E-state index contributed by atoms with van der Waals surface area (Å²) >= 11 is 0. The Bertz CT molecular complexity index is 134. The van der Waals surface area contributed by atoms with Gasteiger partial charge in [0, 0.05) is 19.1 Å². The van der Waals surface area contributed by atoms with Crippen molar-refractivity contribution in [1.29, 1.82) is 0 Å². The number of carbonyl (C=O) groups excluding carboxylic acids is 1. The predicted molar refractivity (Wildman–Crippen MR) is 49.7 cm³/mol. The van der Waals surface area contributed by atoms with Crippen molar-refractivity contribution in [3.8, 4) is 0 Å². The molecule has 12 heavy (non-hydrogen) atoms. The molecule has 4 nitrogen and oxygen atoms in total. The first-order valence-electron chi connectivity index (χ1n) is 4.43. The normalized spacial score (nSPS) is 10.3. The number of nitrogens with zero attached hydrogens (tertiary/aromatic N) is 1. The van der Waals surface area contributed by atoms with Crippen molar-refractivity contribution in [2.24, 2.45) is 11.5 Å². The number of carbonyl (C=O) groups is 1. The molecule has 0 aromatic carbocycles. The van der Waals surface area contributed by atoms with E-state index >= 15 is 0 Å². The fraction of sp³-hybridized carbons (Fsp3) is 0.875. The Morgan fingerprint density at radius 3 is 2.17 bits per heavy atom. The van der Waals surface area contributed by atoms with Crippen LogP contribution in [0.1, 0.15) is 26.7 Å². The zero-order chi connectivity index (χ0) is 9.56. The summed E-state index contributed by atoms with van der Waals surface area (Å²) in [6.07, 6.45) is 1.86. The van der Waals surface area contributed by atoms with Crippen LogP contribution in [0.5, 0.6) is 0 Å². The molecular weight excluding hydrogens is 154 g/mol. The van der Waals surface area contributed by atoms with Crippen molar-refractivity contribution in [2.75, 3.05) is 13.1 Å². The smallest absolute Gasteiger partial charge is 0.315 e. The Balaban J connectivity index is 4.15. The van der Waals surface area contributed by atoms with Crippen LogP contribution in [0.3, 0.4) is 0 Å². The molecule has 0 aliphatic carbocycles. The van der Waals surface area contributed by atoms with Crippen molar-refractivity contribution in [3.05, 3.63) is 0 Å². The number of hydrogen-bond donors (Lipinski definition) is 2. The van der Waals surface area contributed by atoms with Crippen molar-refractivity contribution in [1.82, 2.24) is 4.90 Å². The van der Waals surface area contributed by atoms with Gasteiger partial charge in [-0.1, -0.05) is 13.8 Å². The first kappa shape index (κ1) is 11.2. The molecule has 4 heteroatoms. The summed E-state index contributed by atoms with van der Waals surface area (Å²) in [5, 5.41) is 0. The van der Waals surface area contributed by atoms with Crippen LogP contribution < -0.4 is 11.5 Å². The number of nitrogens with two attached hydrogens (primary N) is 2. The highest BCUT2D eigenvalue weighted by Crippen LogP contribution is 2.06. The second-order valence-corrected chi connectivity index (χ2v) is 2.79. The molecule has 72 valence electrons. The lowest BCUT2D eigenvalue weighted by Crippen LogP contribution is -2.45. The summed E-state index contributed by atoms with van der Waals surface area (Å²) in [6.45, 7) is 5.11. The van der Waals surface area contributed by atoms with Gasteiger partial charge in [-0.25, -0.2) is 4.79 Å². The van der Waals surface area contributed by atoms with Crippen LogP contribution in [-0.2, 0) is 0 Å². The van der Waals surface area contributed by atoms with Gasteiger partial charge in [0.25, 0.3) is 0 Å². The second kappa shape index (κ2) is 5.83. The summed E-state index contributed by atoms with van der Waals surface area (Å²) in [4.78, 5) is 12.6. The summed E-state index contributed by atoms with van der Waals surface area (Å²) < 4.78 is 0. The third-order valence-electron chi connectivity index (χ3n) is 2.04. The third kappa shape index (κ3) is 3.09. The van der Waals surface area contributed by atoms with E-state index in [1.165, 1.54) is 0 Å². The van der Waals surface area contributed by atoms with Gasteiger partial charge in [0.05, 0.1) is 0 Å². The molecule has 0 unspecified atom stereocenters. The quantitative estimate of drug-likeness (QED) is 0.636. The van der Waals surface area contributed by atoms with Crippen LogP contribution in [0.15, 0.2) is 0 Å². The standard InChI is InChI=1S/C8H19N3O/c1-3-7(4-2)11(6-5-9)8(10)12/h7H,3-6,9H2,1-2H3,(H2,10,12). The van der Waals surface area contributed by atoms with Gasteiger partial charge < -0.3 is 16.4 Å². The zero-order valence-electron chi connectivity index (χ0n) is 7.92. The summed E-state index contributed by atoms with van der Waals surface area (Å²) in [6, 6.07) is -0.125. The molecule has 0 aromatic heterocycles. The van der Waals surface area contributed by atoms with E-state index in [0.717, 1.165) is 12.8 Å². The number of amides is 2. The van der Waals surface area contributed by atoms with Crippen LogP contribution in [0.25, 0.3) is 0 Å². The topological polar surface area (TPSA) is 72.3 Å². The fourth-order valence-corrected chi connectivity index (χ4v) is 1.34. The van der Waals surface area contributed by atoms with Crippen molar-refractivity contribution in [3.63, 3.8) is 0 Å². The van der Waals surface area contributed by atoms with E-state index in [4.69, 9.17) is 11.5 Å². The molecule has 0 rings (SSSR count). The molecule has 0 fully saturated rings. The molecular formula is C8H19N3O. The Hall–Kier alpha value is -0.770. The number of primary amides is 1. The third-order valence-corrected chi connectivity index (χ3v) is 2.04. The van der Waals surface area contributed by atoms with Gasteiger partial charge in [-0.15, -0.1) is 0 Å². The van der Waals surface area contributed by atoms with E-state index in [2.05, 4.69) is 0 Å². The summed E-state index contributed by atoms with van der Waals surface area (Å²) in [7, 11) is 0. The number of urea groups is 1. The average molecular weight is 173 g/mol. The predicted octanol–water partition coefficient (Wildman–Crippen LogP) is 0.514. The maximum atomic E-state index is 10.9. The van der Waals surface area contributed by atoms with E-state index in [1.807, 2.05) is 13.8 Å². The highest BCUT2D eigenvalue weighted by molar-refractivity contribution is 5.72. The average Bonchev–Trinajstić information content (AvgIpc) is 2.05. The summed E-state index contributed by atoms with van der Waals surface area (Å²) in [5.41, 5.74) is 10.6. The van der Waals surface area contributed by atoms with Crippen molar-refractivity contribution in [2.45, 2.75) is 32.7 Å². The lowest BCUT2D eigenvalue weighted by molar-refractivity contribution is 0.181. The molecule has 4 N–H and O–H groups in total. The largest absolute Gasteiger partial charge is 0.351 e. The van der Waals surface area contributed by atoms with Gasteiger partial charge in [-0.3, -0.25) is 0 Å². The van der Waals surface area contributed by atoms with E-state index < -0.39 is 0 Å². The second-order valence-electron chi connectivity index (χ2n) is 2.79. The highest BCUT2D eigenvalue weighted by atomic mass is 16.2. The van der Waals surface area contributed by atoms with Crippen LogP contribution in [-0.4, -0.2) is 30.1 Å². The van der Waals surface area contributed by atoms with E-state index in [-0.39, 0.29) is 12.1 Å². The van der Waals surface area contributed by atoms with Gasteiger partial charge >= 0.3 is 6.03 Å². The SMILES string of the molecule is CCC(CC)N(CCN)C(N)=O. The Morgan fingerprint density at radius 1 is 1.42 bits per heavy atom. The maximum Gasteiger partial charge on any atom is 0.315 e. The molecule has 0 heterocycles. The molecule has 0 saturated heterocycles. The lowest BCUT2D eigenvalue weighted by atomic mass is 10.1. The lowest BCUT2D eigenvalue weighted by Gasteiger charge is -2.28. The molecule has 0 aromatic rings. The summed E-state index contributed by atoms with van der Waals surface area (Å²) in [5.74, 6) is 0. The molecule has 2 amide bonds. The Labute approximate surface area is 73.9 Å². The minimum absolute atomic E-state index is 0.242. The van der Waals surface area contributed by atoms with Crippen LogP contribution in [0.4, 0.5) is 4.79 Å². The van der Waals surface area contributed by atoms with Gasteiger partial charge in [0.1, 0.15) is 0 Å². The fourth-order valence-electron chi connectivity index (χ4n) is 1.34. The van der Waals surface area contributed by atoms with E-state index in [0.29, 0.717) is 13.1 Å². The first-order valence-corrected chi connectivity index (χ1v) is 4.43.